The molecule has 0 saturated heterocycles. The summed E-state index contributed by atoms with van der Waals surface area (Å²) in [5.41, 5.74) is 1.15. The molecule has 0 aliphatic carbocycles. The van der Waals surface area contributed by atoms with Crippen molar-refractivity contribution in [1.29, 1.82) is 0 Å². The van der Waals surface area contributed by atoms with E-state index in [1.807, 2.05) is 30.3 Å². The van der Waals surface area contributed by atoms with Gasteiger partial charge in [-0.3, -0.25) is 0 Å². The molecule has 0 aliphatic rings. The molecule has 4 heteroatoms. The third-order valence-corrected chi connectivity index (χ3v) is 3.40. The van der Waals surface area contributed by atoms with Crippen LogP contribution in [0.1, 0.15) is 24.3 Å². The normalized spacial score (nSPS) is 12.4. The number of hydrogen-bond donors (Lipinski definition) is 1. The first-order chi connectivity index (χ1) is 8.70. The Hall–Kier alpha value is -1.01. The molecule has 0 radical (unpaired) electrons. The average molecular weight is 357 g/mol. The van der Waals surface area contributed by atoms with Gasteiger partial charge in [0, 0.05) is 11.6 Å². The second kappa shape index (κ2) is 6.24. The summed E-state index contributed by atoms with van der Waals surface area (Å²) < 4.78 is 11.8. The highest BCUT2D eigenvalue weighted by molar-refractivity contribution is 14.1. The van der Waals surface area contributed by atoms with Gasteiger partial charge in [0.25, 0.3) is 0 Å². The summed E-state index contributed by atoms with van der Waals surface area (Å²) >= 11 is 2.17. The lowest BCUT2D eigenvalue weighted by atomic mass is 10.1. The van der Waals surface area contributed by atoms with Gasteiger partial charge < -0.3 is 14.5 Å². The van der Waals surface area contributed by atoms with Gasteiger partial charge >= 0.3 is 0 Å². The summed E-state index contributed by atoms with van der Waals surface area (Å²) in [5, 5.41) is 3.43. The van der Waals surface area contributed by atoms with Gasteiger partial charge in [-0.25, -0.2) is 0 Å². The van der Waals surface area contributed by atoms with Crippen LogP contribution in [-0.4, -0.2) is 7.11 Å². The zero-order chi connectivity index (χ0) is 13.0. The van der Waals surface area contributed by atoms with E-state index in [9.17, 15) is 0 Å². The molecule has 96 valence electrons. The van der Waals surface area contributed by atoms with Crippen molar-refractivity contribution in [3.05, 3.63) is 51.5 Å². The smallest absolute Gasteiger partial charge is 0.164 e. The van der Waals surface area contributed by atoms with Gasteiger partial charge in [-0.15, -0.1) is 0 Å². The van der Waals surface area contributed by atoms with E-state index in [-0.39, 0.29) is 6.04 Å². The summed E-state index contributed by atoms with van der Waals surface area (Å²) in [6.45, 7) is 2.83. The van der Waals surface area contributed by atoms with Gasteiger partial charge in [-0.1, -0.05) is 18.2 Å². The van der Waals surface area contributed by atoms with Crippen LogP contribution in [0.5, 0.6) is 5.75 Å². The number of benzene rings is 1. The van der Waals surface area contributed by atoms with E-state index in [2.05, 4.69) is 40.9 Å². The molecule has 0 unspecified atom stereocenters. The molecule has 1 N–H and O–H groups in total. The molecule has 1 atom stereocenters. The molecule has 2 rings (SSSR count). The zero-order valence-corrected chi connectivity index (χ0v) is 12.6. The number of methoxy groups -OCH3 is 1. The maximum atomic E-state index is 5.52. The highest BCUT2D eigenvalue weighted by atomic mass is 127. The molecule has 0 fully saturated rings. The minimum atomic E-state index is 0.212. The Kier molecular flexibility index (Phi) is 4.66. The molecule has 3 nitrogen and oxygen atoms in total. The Morgan fingerprint density at radius 2 is 2.06 bits per heavy atom. The second-order valence-corrected chi connectivity index (χ2v) is 5.11. The fraction of sp³-hybridized carbons (Fsp3) is 0.286. The number of furan rings is 1. The first-order valence-corrected chi connectivity index (χ1v) is 6.89. The molecule has 1 heterocycles. The average Bonchev–Trinajstić information content (AvgIpc) is 2.81. The lowest BCUT2D eigenvalue weighted by molar-refractivity contribution is 0.396. The van der Waals surface area contributed by atoms with Crippen molar-refractivity contribution in [2.75, 3.05) is 7.11 Å². The van der Waals surface area contributed by atoms with E-state index in [4.69, 9.17) is 9.15 Å². The van der Waals surface area contributed by atoms with Crippen molar-refractivity contribution >= 4 is 22.6 Å². The standard InChI is InChI=1S/C14H16INO2/c1-10(12-5-3-4-6-13(12)17-2)16-9-11-7-8-14(15)18-11/h3-8,10,16H,9H2,1-2H3/t10-/m1/s1. The minimum absolute atomic E-state index is 0.212. The van der Waals surface area contributed by atoms with E-state index >= 15 is 0 Å². The monoisotopic (exact) mass is 357 g/mol. The van der Waals surface area contributed by atoms with Crippen LogP contribution in [-0.2, 0) is 6.54 Å². The fourth-order valence-electron chi connectivity index (χ4n) is 1.83. The Morgan fingerprint density at radius 1 is 1.28 bits per heavy atom. The van der Waals surface area contributed by atoms with Crippen molar-refractivity contribution in [2.24, 2.45) is 0 Å². The van der Waals surface area contributed by atoms with Crippen LogP contribution >= 0.6 is 22.6 Å². The number of hydrogen-bond acceptors (Lipinski definition) is 3. The van der Waals surface area contributed by atoms with Crippen LogP contribution in [0.2, 0.25) is 0 Å². The van der Waals surface area contributed by atoms with Crippen molar-refractivity contribution < 1.29 is 9.15 Å². The predicted octanol–water partition coefficient (Wildman–Crippen LogP) is 3.74. The van der Waals surface area contributed by atoms with Gasteiger partial charge in [-0.05, 0) is 47.7 Å². The van der Waals surface area contributed by atoms with Gasteiger partial charge in [0.05, 0.1) is 13.7 Å². The molecule has 0 aliphatic heterocycles. The van der Waals surface area contributed by atoms with Crippen molar-refractivity contribution in [1.82, 2.24) is 5.32 Å². The molecule has 2 aromatic rings. The quantitative estimate of drug-likeness (QED) is 0.828. The van der Waals surface area contributed by atoms with Crippen LogP contribution in [0.4, 0.5) is 0 Å². The fourth-order valence-corrected chi connectivity index (χ4v) is 2.30. The number of halogens is 1. The third kappa shape index (κ3) is 3.26. The Morgan fingerprint density at radius 3 is 2.72 bits per heavy atom. The number of rotatable bonds is 5. The first-order valence-electron chi connectivity index (χ1n) is 5.81. The first kappa shape index (κ1) is 13.4. The molecule has 1 aromatic carbocycles. The second-order valence-electron chi connectivity index (χ2n) is 4.05. The van der Waals surface area contributed by atoms with E-state index in [0.29, 0.717) is 6.54 Å². The Bertz CT molecular complexity index is 510. The Balaban J connectivity index is 2.01. The summed E-state index contributed by atoms with van der Waals surface area (Å²) in [7, 11) is 1.69. The molecule has 0 saturated carbocycles. The molecular weight excluding hydrogens is 341 g/mol. The van der Waals surface area contributed by atoms with Crippen LogP contribution < -0.4 is 10.1 Å². The lowest BCUT2D eigenvalue weighted by Gasteiger charge is -2.16. The molecule has 0 amide bonds. The topological polar surface area (TPSA) is 34.4 Å². The highest BCUT2D eigenvalue weighted by Crippen LogP contribution is 2.24. The third-order valence-electron chi connectivity index (χ3n) is 2.82. The van der Waals surface area contributed by atoms with Crippen LogP contribution in [0.3, 0.4) is 0 Å². The molecule has 0 bridgehead atoms. The summed E-state index contributed by atoms with van der Waals surface area (Å²) in [4.78, 5) is 0. The van der Waals surface area contributed by atoms with Crippen LogP contribution in [0.25, 0.3) is 0 Å². The maximum Gasteiger partial charge on any atom is 0.164 e. The summed E-state index contributed by atoms with van der Waals surface area (Å²) in [5.74, 6) is 1.85. The molecule has 18 heavy (non-hydrogen) atoms. The molecule has 0 spiro atoms. The van der Waals surface area contributed by atoms with Crippen LogP contribution in [0.15, 0.2) is 40.8 Å². The lowest BCUT2D eigenvalue weighted by Crippen LogP contribution is -2.18. The number of ether oxygens (including phenoxy) is 1. The van der Waals surface area contributed by atoms with Crippen LogP contribution in [0, 0.1) is 3.77 Å². The molecular formula is C14H16INO2. The Labute approximate surface area is 121 Å². The van der Waals surface area contributed by atoms with Crippen molar-refractivity contribution in [3.63, 3.8) is 0 Å². The van der Waals surface area contributed by atoms with E-state index in [0.717, 1.165) is 20.8 Å². The highest BCUT2D eigenvalue weighted by Gasteiger charge is 2.10. The van der Waals surface area contributed by atoms with Gasteiger partial charge in [0.15, 0.2) is 3.77 Å². The SMILES string of the molecule is COc1ccccc1[C@@H](C)NCc1ccc(I)o1. The predicted molar refractivity (Wildman–Crippen MR) is 79.7 cm³/mol. The van der Waals surface area contributed by atoms with Crippen molar-refractivity contribution in [3.8, 4) is 5.75 Å². The van der Waals surface area contributed by atoms with Crippen molar-refractivity contribution in [2.45, 2.75) is 19.5 Å². The largest absolute Gasteiger partial charge is 0.496 e. The van der Waals surface area contributed by atoms with E-state index < -0.39 is 0 Å². The molecule has 1 aromatic heterocycles. The maximum absolute atomic E-state index is 5.52. The van der Waals surface area contributed by atoms with E-state index in [1.165, 1.54) is 0 Å². The minimum Gasteiger partial charge on any atom is -0.496 e. The summed E-state index contributed by atoms with van der Waals surface area (Å²) in [6, 6.07) is 12.2. The van der Waals surface area contributed by atoms with Gasteiger partial charge in [-0.2, -0.15) is 0 Å². The summed E-state index contributed by atoms with van der Waals surface area (Å²) in [6.07, 6.45) is 0. The van der Waals surface area contributed by atoms with E-state index in [1.54, 1.807) is 7.11 Å². The number of para-hydroxylation sites is 1. The zero-order valence-electron chi connectivity index (χ0n) is 10.4. The number of nitrogens with one attached hydrogen (secondary N) is 1. The van der Waals surface area contributed by atoms with Gasteiger partial charge in [0.1, 0.15) is 11.5 Å². The van der Waals surface area contributed by atoms with Gasteiger partial charge in [0.2, 0.25) is 0 Å².